The summed E-state index contributed by atoms with van der Waals surface area (Å²) < 4.78 is 23.4. The zero-order valence-corrected chi connectivity index (χ0v) is 19.5. The van der Waals surface area contributed by atoms with E-state index in [9.17, 15) is 4.79 Å². The number of nitrogens with zero attached hydrogens (tertiary/aromatic N) is 3. The Hall–Kier alpha value is -4.07. The van der Waals surface area contributed by atoms with E-state index in [0.717, 1.165) is 22.4 Å². The van der Waals surface area contributed by atoms with Crippen LogP contribution in [0.1, 0.15) is 34.0 Å². The largest absolute Gasteiger partial charge is 0.497 e. The summed E-state index contributed by atoms with van der Waals surface area (Å²) in [7, 11) is 6.45. The Morgan fingerprint density at radius 2 is 1.65 bits per heavy atom. The molecule has 174 valence electrons. The zero-order valence-electron chi connectivity index (χ0n) is 19.5. The first-order valence-corrected chi connectivity index (χ1v) is 10.9. The number of fused-ring (bicyclic) bond motifs is 2. The molecule has 0 saturated heterocycles. The number of rotatable bonds is 6. The second-order valence-corrected chi connectivity index (χ2v) is 8.13. The van der Waals surface area contributed by atoms with Gasteiger partial charge in [0.2, 0.25) is 0 Å². The zero-order chi connectivity index (χ0) is 23.8. The molecule has 0 fully saturated rings. The highest BCUT2D eigenvalue weighted by Crippen LogP contribution is 2.39. The lowest BCUT2D eigenvalue weighted by molar-refractivity contribution is 0.0962. The van der Waals surface area contributed by atoms with Crippen molar-refractivity contribution in [3.05, 3.63) is 65.6 Å². The van der Waals surface area contributed by atoms with Crippen molar-refractivity contribution in [1.82, 2.24) is 14.6 Å². The molecular formula is C26H25N3O5. The molecule has 5 rings (SSSR count). The van der Waals surface area contributed by atoms with E-state index in [4.69, 9.17) is 23.9 Å². The van der Waals surface area contributed by atoms with Gasteiger partial charge in [-0.2, -0.15) is 5.10 Å². The van der Waals surface area contributed by atoms with E-state index in [-0.39, 0.29) is 11.7 Å². The van der Waals surface area contributed by atoms with Crippen LogP contribution in [0, 0.1) is 0 Å². The molecule has 0 aliphatic heterocycles. The number of hydrogen-bond acceptors (Lipinski definition) is 7. The van der Waals surface area contributed by atoms with Gasteiger partial charge in [-0.25, -0.2) is 9.50 Å². The fraction of sp³-hybridized carbons (Fsp3) is 0.269. The maximum atomic E-state index is 13.1. The van der Waals surface area contributed by atoms with Crippen LogP contribution in [0.4, 0.5) is 0 Å². The fourth-order valence-electron chi connectivity index (χ4n) is 4.56. The van der Waals surface area contributed by atoms with Crippen LogP contribution in [0.25, 0.3) is 16.8 Å². The average Bonchev–Trinajstić information content (AvgIpc) is 3.29. The first-order valence-electron chi connectivity index (χ1n) is 10.9. The smallest absolute Gasteiger partial charge is 0.166 e. The van der Waals surface area contributed by atoms with Crippen molar-refractivity contribution in [1.29, 1.82) is 0 Å². The molecule has 2 aromatic heterocycles. The van der Waals surface area contributed by atoms with Gasteiger partial charge in [0.25, 0.3) is 0 Å². The highest BCUT2D eigenvalue weighted by Gasteiger charge is 2.30. The van der Waals surface area contributed by atoms with Crippen molar-refractivity contribution in [2.75, 3.05) is 28.4 Å². The van der Waals surface area contributed by atoms with Crippen LogP contribution in [-0.4, -0.2) is 48.8 Å². The van der Waals surface area contributed by atoms with Gasteiger partial charge in [-0.15, -0.1) is 0 Å². The van der Waals surface area contributed by atoms with E-state index in [1.54, 1.807) is 45.3 Å². The summed E-state index contributed by atoms with van der Waals surface area (Å²) in [4.78, 5) is 18.0. The van der Waals surface area contributed by atoms with Gasteiger partial charge in [-0.1, -0.05) is 12.1 Å². The number of carbonyl (C=O) groups is 1. The molecule has 0 N–H and O–H groups in total. The summed E-state index contributed by atoms with van der Waals surface area (Å²) in [5.74, 6) is 2.69. The molecule has 2 aromatic carbocycles. The van der Waals surface area contributed by atoms with E-state index in [2.05, 4.69) is 5.10 Å². The van der Waals surface area contributed by atoms with Crippen LogP contribution in [0.15, 0.2) is 48.8 Å². The second-order valence-electron chi connectivity index (χ2n) is 8.13. The third-order valence-corrected chi connectivity index (χ3v) is 6.32. The lowest BCUT2D eigenvalue weighted by atomic mass is 9.81. The highest BCUT2D eigenvalue weighted by molar-refractivity contribution is 5.99. The minimum Gasteiger partial charge on any atom is -0.497 e. The van der Waals surface area contributed by atoms with Crippen molar-refractivity contribution in [3.63, 3.8) is 0 Å². The normalized spacial score (nSPS) is 15.2. The molecule has 1 aliphatic carbocycles. The summed E-state index contributed by atoms with van der Waals surface area (Å²) >= 11 is 0. The van der Waals surface area contributed by atoms with Gasteiger partial charge in [0.05, 0.1) is 45.9 Å². The lowest BCUT2D eigenvalue weighted by Gasteiger charge is -2.25. The standard InChI is InChI=1S/C26H25N3O5/c1-31-17-6-7-18(24(12-17)33-3)16-9-21-20(22(30)10-16)14-29-26(28-21)19(13-27-29)15-5-8-23(32-2)25(11-15)34-4/h5-8,11-14,16H,9-10H2,1-4H3. The third-order valence-electron chi connectivity index (χ3n) is 6.32. The van der Waals surface area contributed by atoms with Crippen molar-refractivity contribution in [2.45, 2.75) is 18.8 Å². The average molecular weight is 460 g/mol. The van der Waals surface area contributed by atoms with Gasteiger partial charge in [-0.05, 0) is 35.7 Å². The molecule has 1 unspecified atom stereocenters. The maximum absolute atomic E-state index is 13.1. The van der Waals surface area contributed by atoms with E-state index in [0.29, 0.717) is 47.1 Å². The Kier molecular flexibility index (Phi) is 5.57. The molecule has 8 heteroatoms. The van der Waals surface area contributed by atoms with E-state index >= 15 is 0 Å². The summed E-state index contributed by atoms with van der Waals surface area (Å²) in [6.45, 7) is 0. The summed E-state index contributed by atoms with van der Waals surface area (Å²) in [5.41, 5.74) is 4.77. The number of hydrogen-bond donors (Lipinski definition) is 0. The summed E-state index contributed by atoms with van der Waals surface area (Å²) in [6.07, 6.45) is 4.54. The van der Waals surface area contributed by atoms with Crippen LogP contribution in [0.3, 0.4) is 0 Å². The molecular weight excluding hydrogens is 434 g/mol. The minimum absolute atomic E-state index is 0.0386. The Balaban J connectivity index is 1.56. The predicted molar refractivity (Wildman–Crippen MR) is 126 cm³/mol. The van der Waals surface area contributed by atoms with Gasteiger partial charge in [0.1, 0.15) is 11.5 Å². The van der Waals surface area contributed by atoms with Crippen LogP contribution in [0.2, 0.25) is 0 Å². The molecule has 34 heavy (non-hydrogen) atoms. The molecule has 1 aliphatic rings. The quantitative estimate of drug-likeness (QED) is 0.424. The van der Waals surface area contributed by atoms with Crippen molar-refractivity contribution in [2.24, 2.45) is 0 Å². The number of benzene rings is 2. The maximum Gasteiger partial charge on any atom is 0.166 e. The SMILES string of the molecule is COc1ccc(C2CC(=O)c3cn4ncc(-c5ccc(OC)c(OC)c5)c4nc3C2)c(OC)c1. The first-order chi connectivity index (χ1) is 16.6. The van der Waals surface area contributed by atoms with Gasteiger partial charge in [-0.3, -0.25) is 4.79 Å². The molecule has 0 saturated carbocycles. The molecule has 1 atom stereocenters. The number of carbonyl (C=O) groups excluding carboxylic acids is 1. The van der Waals surface area contributed by atoms with Gasteiger partial charge >= 0.3 is 0 Å². The van der Waals surface area contributed by atoms with Crippen LogP contribution >= 0.6 is 0 Å². The molecule has 0 bridgehead atoms. The van der Waals surface area contributed by atoms with Gasteiger partial charge < -0.3 is 18.9 Å². The summed E-state index contributed by atoms with van der Waals surface area (Å²) in [6, 6.07) is 11.4. The molecule has 8 nitrogen and oxygen atoms in total. The van der Waals surface area contributed by atoms with Crippen molar-refractivity contribution >= 4 is 11.4 Å². The molecule has 0 spiro atoms. The van der Waals surface area contributed by atoms with Gasteiger partial charge in [0, 0.05) is 30.2 Å². The van der Waals surface area contributed by atoms with E-state index < -0.39 is 0 Å². The van der Waals surface area contributed by atoms with Crippen LogP contribution < -0.4 is 18.9 Å². The predicted octanol–water partition coefficient (Wildman–Crippen LogP) is 4.34. The van der Waals surface area contributed by atoms with E-state index in [1.165, 1.54) is 0 Å². The number of Topliss-reactive ketones (excluding diaryl/α,β-unsaturated/α-hetero) is 1. The fourth-order valence-corrected chi connectivity index (χ4v) is 4.56. The summed E-state index contributed by atoms with van der Waals surface area (Å²) in [5, 5.41) is 4.46. The molecule has 0 amide bonds. The van der Waals surface area contributed by atoms with Crippen molar-refractivity contribution < 1.29 is 23.7 Å². The Morgan fingerprint density at radius 3 is 2.38 bits per heavy atom. The van der Waals surface area contributed by atoms with E-state index in [1.807, 2.05) is 36.4 Å². The lowest BCUT2D eigenvalue weighted by Crippen LogP contribution is -2.21. The van der Waals surface area contributed by atoms with Crippen LogP contribution in [0.5, 0.6) is 23.0 Å². The Bertz CT molecular complexity index is 1390. The number of aromatic nitrogens is 3. The number of ketones is 1. The first kappa shape index (κ1) is 21.8. The molecule has 2 heterocycles. The monoisotopic (exact) mass is 459 g/mol. The second kappa shape index (κ2) is 8.70. The third kappa shape index (κ3) is 3.61. The Labute approximate surface area is 197 Å². The number of ether oxygens (including phenoxy) is 4. The number of methoxy groups -OCH3 is 4. The van der Waals surface area contributed by atoms with Gasteiger partial charge in [0.15, 0.2) is 22.9 Å². The van der Waals surface area contributed by atoms with Crippen LogP contribution in [-0.2, 0) is 6.42 Å². The van der Waals surface area contributed by atoms with Crippen molar-refractivity contribution in [3.8, 4) is 34.1 Å². The minimum atomic E-state index is -0.0386. The molecule has 0 radical (unpaired) electrons. The molecule has 4 aromatic rings. The Morgan fingerprint density at radius 1 is 0.853 bits per heavy atom. The highest BCUT2D eigenvalue weighted by atomic mass is 16.5. The topological polar surface area (TPSA) is 84.2 Å².